The van der Waals surface area contributed by atoms with Crippen molar-refractivity contribution in [2.75, 3.05) is 0 Å². The van der Waals surface area contributed by atoms with E-state index in [0.29, 0.717) is 0 Å². The Morgan fingerprint density at radius 1 is 1.18 bits per heavy atom. The van der Waals surface area contributed by atoms with Crippen LogP contribution in [0.3, 0.4) is 0 Å². The van der Waals surface area contributed by atoms with Gasteiger partial charge in [0.25, 0.3) is 0 Å². The number of nitrogens with zero attached hydrogens (tertiary/aromatic N) is 2. The van der Waals surface area contributed by atoms with Crippen LogP contribution in [0.5, 0.6) is 0 Å². The van der Waals surface area contributed by atoms with Crippen LogP contribution in [0.15, 0.2) is 34.5 Å². The minimum Gasteiger partial charge on any atom is -0.245 e. The third kappa shape index (κ3) is 5.46. The Labute approximate surface area is 101 Å². The molecule has 1 rings (SSSR count). The minimum absolute atomic E-state index is 0.463. The SMILES string of the molecule is CC(C)=NNC(=O)NN=Cc1ccc(C)cc1. The van der Waals surface area contributed by atoms with Crippen LogP contribution in [0, 0.1) is 6.92 Å². The van der Waals surface area contributed by atoms with Gasteiger partial charge in [-0.25, -0.2) is 15.6 Å². The zero-order valence-electron chi connectivity index (χ0n) is 10.2. The molecular formula is C12H16N4O. The summed E-state index contributed by atoms with van der Waals surface area (Å²) in [6.07, 6.45) is 1.57. The molecule has 0 spiro atoms. The van der Waals surface area contributed by atoms with Crippen LogP contribution in [0.2, 0.25) is 0 Å². The van der Waals surface area contributed by atoms with Crippen molar-refractivity contribution in [1.29, 1.82) is 0 Å². The monoisotopic (exact) mass is 232 g/mol. The lowest BCUT2D eigenvalue weighted by Gasteiger charge is -1.98. The molecule has 0 aliphatic carbocycles. The molecule has 90 valence electrons. The fraction of sp³-hybridized carbons (Fsp3) is 0.250. The number of hydrogen-bond acceptors (Lipinski definition) is 3. The molecule has 2 N–H and O–H groups in total. The summed E-state index contributed by atoms with van der Waals surface area (Å²) in [5, 5.41) is 7.54. The highest BCUT2D eigenvalue weighted by atomic mass is 16.2. The van der Waals surface area contributed by atoms with Gasteiger partial charge in [-0.2, -0.15) is 10.2 Å². The first kappa shape index (κ1) is 12.9. The highest BCUT2D eigenvalue weighted by Gasteiger charge is 1.94. The van der Waals surface area contributed by atoms with Gasteiger partial charge in [-0.15, -0.1) is 0 Å². The molecule has 17 heavy (non-hydrogen) atoms. The number of hydrazone groups is 2. The Bertz CT molecular complexity index is 430. The maximum absolute atomic E-state index is 11.1. The molecule has 0 fully saturated rings. The standard InChI is InChI=1S/C12H16N4O/c1-9(2)14-16-12(17)15-13-8-11-6-4-10(3)5-7-11/h4-8H,1-3H3,(H2,15,16,17). The van der Waals surface area contributed by atoms with Gasteiger partial charge in [0.05, 0.1) is 6.21 Å². The Kier molecular flexibility index (Phi) is 4.87. The van der Waals surface area contributed by atoms with E-state index in [1.807, 2.05) is 31.2 Å². The number of urea groups is 1. The maximum atomic E-state index is 11.1. The van der Waals surface area contributed by atoms with Crippen molar-refractivity contribution in [3.63, 3.8) is 0 Å². The molecule has 0 aliphatic heterocycles. The zero-order chi connectivity index (χ0) is 12.7. The molecule has 5 heteroatoms. The third-order valence-electron chi connectivity index (χ3n) is 1.84. The Balaban J connectivity index is 2.42. The van der Waals surface area contributed by atoms with Crippen molar-refractivity contribution in [2.24, 2.45) is 10.2 Å². The normalized spacial score (nSPS) is 10.1. The van der Waals surface area contributed by atoms with Gasteiger partial charge in [0, 0.05) is 5.71 Å². The summed E-state index contributed by atoms with van der Waals surface area (Å²) >= 11 is 0. The molecule has 0 atom stereocenters. The summed E-state index contributed by atoms with van der Waals surface area (Å²) < 4.78 is 0. The molecule has 5 nitrogen and oxygen atoms in total. The molecule has 0 bridgehead atoms. The molecule has 1 aromatic carbocycles. The smallest absolute Gasteiger partial charge is 0.245 e. The van der Waals surface area contributed by atoms with Gasteiger partial charge < -0.3 is 0 Å². The van der Waals surface area contributed by atoms with E-state index in [1.165, 1.54) is 5.56 Å². The maximum Gasteiger partial charge on any atom is 0.355 e. The van der Waals surface area contributed by atoms with Gasteiger partial charge in [-0.3, -0.25) is 0 Å². The van der Waals surface area contributed by atoms with Crippen LogP contribution in [-0.2, 0) is 0 Å². The number of amides is 2. The van der Waals surface area contributed by atoms with Crippen molar-refractivity contribution in [2.45, 2.75) is 20.8 Å². The van der Waals surface area contributed by atoms with Crippen LogP contribution in [0.1, 0.15) is 25.0 Å². The van der Waals surface area contributed by atoms with Crippen molar-refractivity contribution in [1.82, 2.24) is 10.9 Å². The van der Waals surface area contributed by atoms with Gasteiger partial charge in [-0.05, 0) is 26.3 Å². The van der Waals surface area contributed by atoms with Crippen molar-refractivity contribution >= 4 is 18.0 Å². The van der Waals surface area contributed by atoms with Gasteiger partial charge >= 0.3 is 6.03 Å². The average molecular weight is 232 g/mol. The molecule has 0 unspecified atom stereocenters. The van der Waals surface area contributed by atoms with Crippen LogP contribution in [-0.4, -0.2) is 18.0 Å². The van der Waals surface area contributed by atoms with Crippen molar-refractivity contribution < 1.29 is 4.79 Å². The van der Waals surface area contributed by atoms with E-state index in [1.54, 1.807) is 20.1 Å². The second-order valence-corrected chi connectivity index (χ2v) is 3.78. The van der Waals surface area contributed by atoms with Crippen LogP contribution >= 0.6 is 0 Å². The fourth-order valence-corrected chi connectivity index (χ4v) is 1.01. The predicted octanol–water partition coefficient (Wildman–Crippen LogP) is 2.02. The summed E-state index contributed by atoms with van der Waals surface area (Å²) in [5.74, 6) is 0. The lowest BCUT2D eigenvalue weighted by molar-refractivity contribution is 0.242. The van der Waals surface area contributed by atoms with E-state index in [2.05, 4.69) is 21.1 Å². The average Bonchev–Trinajstić information content (AvgIpc) is 2.29. The van der Waals surface area contributed by atoms with Gasteiger partial charge in [0.15, 0.2) is 0 Å². The first-order valence-electron chi connectivity index (χ1n) is 5.24. The molecule has 1 aromatic rings. The second kappa shape index (κ2) is 6.42. The summed E-state index contributed by atoms with van der Waals surface area (Å²) in [4.78, 5) is 11.1. The number of rotatable bonds is 3. The molecule has 0 radical (unpaired) electrons. The zero-order valence-corrected chi connectivity index (χ0v) is 10.2. The van der Waals surface area contributed by atoms with Crippen LogP contribution in [0.25, 0.3) is 0 Å². The quantitative estimate of drug-likeness (QED) is 0.607. The van der Waals surface area contributed by atoms with Crippen LogP contribution < -0.4 is 10.9 Å². The number of aryl methyl sites for hydroxylation is 1. The summed E-state index contributed by atoms with van der Waals surface area (Å²) in [7, 11) is 0. The van der Waals surface area contributed by atoms with E-state index in [9.17, 15) is 4.79 Å². The largest absolute Gasteiger partial charge is 0.355 e. The summed E-state index contributed by atoms with van der Waals surface area (Å²) in [6.45, 7) is 5.59. The Hall–Kier alpha value is -2.17. The Morgan fingerprint density at radius 2 is 1.82 bits per heavy atom. The van der Waals surface area contributed by atoms with Gasteiger partial charge in [0.1, 0.15) is 0 Å². The lowest BCUT2D eigenvalue weighted by Crippen LogP contribution is -2.28. The van der Waals surface area contributed by atoms with Crippen molar-refractivity contribution in [3.8, 4) is 0 Å². The first-order valence-corrected chi connectivity index (χ1v) is 5.24. The van der Waals surface area contributed by atoms with E-state index in [-0.39, 0.29) is 0 Å². The number of carbonyl (C=O) groups is 1. The highest BCUT2D eigenvalue weighted by Crippen LogP contribution is 1.99. The van der Waals surface area contributed by atoms with E-state index in [4.69, 9.17) is 0 Å². The van der Waals surface area contributed by atoms with Crippen LogP contribution in [0.4, 0.5) is 4.79 Å². The fourth-order valence-electron chi connectivity index (χ4n) is 1.01. The topological polar surface area (TPSA) is 65.8 Å². The second-order valence-electron chi connectivity index (χ2n) is 3.78. The van der Waals surface area contributed by atoms with Gasteiger partial charge in [0.2, 0.25) is 0 Å². The number of benzene rings is 1. The summed E-state index contributed by atoms with van der Waals surface area (Å²) in [6, 6.07) is 7.34. The highest BCUT2D eigenvalue weighted by molar-refractivity contribution is 5.83. The van der Waals surface area contributed by atoms with E-state index >= 15 is 0 Å². The predicted molar refractivity (Wildman–Crippen MR) is 69.2 cm³/mol. The van der Waals surface area contributed by atoms with Crippen molar-refractivity contribution in [3.05, 3.63) is 35.4 Å². The van der Waals surface area contributed by atoms with E-state index < -0.39 is 6.03 Å². The molecule has 0 aliphatic rings. The van der Waals surface area contributed by atoms with Gasteiger partial charge in [-0.1, -0.05) is 29.8 Å². The number of nitrogens with one attached hydrogen (secondary N) is 2. The molecule has 0 saturated heterocycles. The third-order valence-corrected chi connectivity index (χ3v) is 1.84. The van der Waals surface area contributed by atoms with E-state index in [0.717, 1.165) is 11.3 Å². The molecule has 0 aromatic heterocycles. The number of carbonyl (C=O) groups excluding carboxylic acids is 1. The first-order chi connectivity index (χ1) is 8.08. The molecule has 0 heterocycles. The molecular weight excluding hydrogens is 216 g/mol. The molecule has 2 amide bonds. The molecule has 0 saturated carbocycles. The minimum atomic E-state index is -0.463. The summed E-state index contributed by atoms with van der Waals surface area (Å²) in [5.41, 5.74) is 7.48. The Morgan fingerprint density at radius 3 is 2.41 bits per heavy atom. The lowest BCUT2D eigenvalue weighted by atomic mass is 10.2. The number of hydrogen-bond donors (Lipinski definition) is 2.